The quantitative estimate of drug-likeness (QED) is 0.157. The number of hydrogen-bond acceptors (Lipinski definition) is 12. The zero-order valence-corrected chi connectivity index (χ0v) is 26.7. The zero-order chi connectivity index (χ0) is 25.3. The molecule has 0 aromatic rings. The molecule has 3 rings (SSSR count). The van der Waals surface area contributed by atoms with Crippen LogP contribution in [-0.2, 0) is 28.5 Å². The van der Waals surface area contributed by atoms with Gasteiger partial charge in [-0.2, -0.15) is 0 Å². The zero-order valence-electron chi connectivity index (χ0n) is 20.2. The largest absolute Gasteiger partial charge is 0.462 e. The van der Waals surface area contributed by atoms with E-state index in [4.69, 9.17) is 23.7 Å². The first-order valence-corrected chi connectivity index (χ1v) is 18.4. The topological polar surface area (TPSA) is 63.2 Å². The van der Waals surface area contributed by atoms with E-state index in [1.165, 1.54) is 24.5 Å². The third-order valence-electron chi connectivity index (χ3n) is 4.68. The first-order valence-electron chi connectivity index (χ1n) is 12.0. The van der Waals surface area contributed by atoms with Gasteiger partial charge in [-0.15, -0.1) is 23.5 Å². The van der Waals surface area contributed by atoms with Crippen LogP contribution in [0.5, 0.6) is 0 Å². The lowest BCUT2D eigenvalue weighted by molar-refractivity contribution is -0.138. The van der Waals surface area contributed by atoms with E-state index < -0.39 is 0 Å². The van der Waals surface area contributed by atoms with E-state index in [9.17, 15) is 4.79 Å². The summed E-state index contributed by atoms with van der Waals surface area (Å²) in [7, 11) is 0. The fourth-order valence-electron chi connectivity index (χ4n) is 2.90. The minimum absolute atomic E-state index is 0.208. The van der Waals surface area contributed by atoms with Crippen LogP contribution in [0.1, 0.15) is 25.7 Å². The Kier molecular flexibility index (Phi) is 17.6. The van der Waals surface area contributed by atoms with Crippen molar-refractivity contribution in [2.24, 2.45) is 0 Å². The SMILES string of the molecule is O=C(OCCCCCCBr)C1=CSC(=C2SC3=C(SCCOCCOCCOCCOCCS3)S2)S1. The molecule has 3 heterocycles. The third kappa shape index (κ3) is 12.5. The molecule has 0 N–H and O–H groups in total. The van der Waals surface area contributed by atoms with E-state index in [1.807, 2.05) is 28.9 Å². The molecule has 3 aliphatic rings. The van der Waals surface area contributed by atoms with Crippen LogP contribution in [0.15, 0.2) is 27.3 Å². The van der Waals surface area contributed by atoms with Gasteiger partial charge in [-0.3, -0.25) is 0 Å². The summed E-state index contributed by atoms with van der Waals surface area (Å²) >= 11 is 13.9. The van der Waals surface area contributed by atoms with Crippen molar-refractivity contribution in [3.63, 3.8) is 0 Å². The maximum absolute atomic E-state index is 12.5. The van der Waals surface area contributed by atoms with E-state index in [2.05, 4.69) is 15.9 Å². The number of unbranched alkanes of at least 4 members (excludes halogenated alkanes) is 3. The molecule has 3 aliphatic heterocycles. The van der Waals surface area contributed by atoms with Gasteiger partial charge in [0.05, 0.1) is 76.4 Å². The van der Waals surface area contributed by atoms with Crippen LogP contribution in [0.2, 0.25) is 0 Å². The first kappa shape index (κ1) is 31.6. The number of ether oxygens (including phenoxy) is 5. The summed E-state index contributed by atoms with van der Waals surface area (Å²) in [5.74, 6) is 1.57. The number of thioether (sulfide) groups is 6. The fraction of sp³-hybridized carbons (Fsp3) is 0.696. The summed E-state index contributed by atoms with van der Waals surface area (Å²) in [5, 5.41) is 2.96. The minimum Gasteiger partial charge on any atom is -0.462 e. The van der Waals surface area contributed by atoms with Gasteiger partial charge >= 0.3 is 5.97 Å². The summed E-state index contributed by atoms with van der Waals surface area (Å²) in [6, 6.07) is 0. The number of hydrogen-bond donors (Lipinski definition) is 0. The van der Waals surface area contributed by atoms with Gasteiger partial charge in [-0.25, -0.2) is 4.79 Å². The van der Waals surface area contributed by atoms with Gasteiger partial charge in [0.1, 0.15) is 4.91 Å². The van der Waals surface area contributed by atoms with Crippen molar-refractivity contribution in [3.8, 4) is 0 Å². The summed E-state index contributed by atoms with van der Waals surface area (Å²) in [6.45, 7) is 5.37. The Labute approximate surface area is 248 Å². The van der Waals surface area contributed by atoms with Gasteiger partial charge < -0.3 is 23.7 Å². The van der Waals surface area contributed by atoms with Crippen molar-refractivity contribution in [2.75, 3.05) is 76.3 Å². The second kappa shape index (κ2) is 20.1. The number of carbonyl (C=O) groups excluding carboxylic acids is 1. The maximum Gasteiger partial charge on any atom is 0.345 e. The molecule has 0 unspecified atom stereocenters. The van der Waals surface area contributed by atoms with Gasteiger partial charge in [0.15, 0.2) is 0 Å². The Morgan fingerprint density at radius 1 is 0.722 bits per heavy atom. The highest BCUT2D eigenvalue weighted by atomic mass is 79.9. The van der Waals surface area contributed by atoms with E-state index in [1.54, 1.807) is 35.3 Å². The Bertz CT molecular complexity index is 746. The van der Waals surface area contributed by atoms with Gasteiger partial charge in [-0.05, 0) is 18.2 Å². The predicted octanol–water partition coefficient (Wildman–Crippen LogP) is 7.09. The van der Waals surface area contributed by atoms with Crippen LogP contribution in [0.3, 0.4) is 0 Å². The predicted molar refractivity (Wildman–Crippen MR) is 164 cm³/mol. The molecule has 6 nitrogen and oxygen atoms in total. The summed E-state index contributed by atoms with van der Waals surface area (Å²) in [5.41, 5.74) is 0. The average Bonchev–Trinajstić information content (AvgIpc) is 3.53. The number of alkyl halides is 1. The Morgan fingerprint density at radius 3 is 1.86 bits per heavy atom. The summed E-state index contributed by atoms with van der Waals surface area (Å²) in [6.07, 6.45) is 4.33. The highest BCUT2D eigenvalue weighted by Crippen LogP contribution is 2.62. The van der Waals surface area contributed by atoms with E-state index in [0.717, 1.165) is 46.8 Å². The monoisotopic (exact) mass is 676 g/mol. The second-order valence-electron chi connectivity index (χ2n) is 7.44. The van der Waals surface area contributed by atoms with Gasteiger partial charge in [0, 0.05) is 16.8 Å². The van der Waals surface area contributed by atoms with Crippen molar-refractivity contribution >= 4 is 92.5 Å². The molecule has 0 radical (unpaired) electrons. The molecule has 0 aliphatic carbocycles. The number of esters is 1. The molecule has 0 saturated carbocycles. The van der Waals surface area contributed by atoms with Crippen molar-refractivity contribution < 1.29 is 28.5 Å². The molecule has 0 aromatic carbocycles. The first-order chi connectivity index (χ1) is 17.8. The van der Waals surface area contributed by atoms with Gasteiger partial charge in [0.25, 0.3) is 0 Å². The molecule has 0 fully saturated rings. The van der Waals surface area contributed by atoms with Crippen LogP contribution >= 0.6 is 86.5 Å². The third-order valence-corrected chi connectivity index (χ3v) is 13.6. The van der Waals surface area contributed by atoms with Crippen LogP contribution < -0.4 is 0 Å². The molecule has 0 amide bonds. The molecule has 0 saturated heterocycles. The highest BCUT2D eigenvalue weighted by molar-refractivity contribution is 9.09. The number of rotatable bonds is 7. The normalized spacial score (nSPS) is 21.6. The van der Waals surface area contributed by atoms with Crippen molar-refractivity contribution in [2.45, 2.75) is 25.7 Å². The molecule has 36 heavy (non-hydrogen) atoms. The Morgan fingerprint density at radius 2 is 1.28 bits per heavy atom. The lowest BCUT2D eigenvalue weighted by Crippen LogP contribution is -2.13. The minimum atomic E-state index is -0.208. The van der Waals surface area contributed by atoms with E-state index in [0.29, 0.717) is 64.4 Å². The standard InChI is InChI=1S/C23H33BrO6S6/c24-5-3-1-2-4-6-30-19(25)18-17-33-22(34-18)23-35-20-21(36-23)32-16-14-29-12-10-27-8-7-26-9-11-28-13-15-31-20/h17H,1-16H2. The van der Waals surface area contributed by atoms with Crippen LogP contribution in [-0.4, -0.2) is 82.3 Å². The van der Waals surface area contributed by atoms with Gasteiger partial charge in [0.2, 0.25) is 0 Å². The molecule has 204 valence electrons. The number of halogens is 1. The molecule has 0 atom stereocenters. The van der Waals surface area contributed by atoms with Crippen LogP contribution in [0, 0.1) is 0 Å². The summed E-state index contributed by atoms with van der Waals surface area (Å²) in [4.78, 5) is 13.2. The average molecular weight is 678 g/mol. The maximum atomic E-state index is 12.5. The van der Waals surface area contributed by atoms with Crippen LogP contribution in [0.25, 0.3) is 0 Å². The summed E-state index contributed by atoms with van der Waals surface area (Å²) < 4.78 is 33.0. The van der Waals surface area contributed by atoms with Crippen molar-refractivity contribution in [1.82, 2.24) is 0 Å². The Balaban J connectivity index is 1.47. The van der Waals surface area contributed by atoms with Crippen molar-refractivity contribution in [3.05, 3.63) is 27.3 Å². The van der Waals surface area contributed by atoms with Crippen molar-refractivity contribution in [1.29, 1.82) is 0 Å². The molecule has 0 bridgehead atoms. The Hall–Kier alpha value is 1.11. The lowest BCUT2D eigenvalue weighted by atomic mass is 10.2. The van der Waals surface area contributed by atoms with E-state index in [-0.39, 0.29) is 5.97 Å². The van der Waals surface area contributed by atoms with Crippen LogP contribution in [0.4, 0.5) is 0 Å². The number of carbonyl (C=O) groups is 1. The molecule has 0 aromatic heterocycles. The fourth-order valence-corrected chi connectivity index (χ4v) is 11.5. The van der Waals surface area contributed by atoms with E-state index >= 15 is 0 Å². The van der Waals surface area contributed by atoms with Gasteiger partial charge in [-0.1, -0.05) is 75.8 Å². The lowest BCUT2D eigenvalue weighted by Gasteiger charge is -2.09. The second-order valence-corrected chi connectivity index (χ2v) is 15.5. The highest BCUT2D eigenvalue weighted by Gasteiger charge is 2.29. The smallest absolute Gasteiger partial charge is 0.345 e. The molecule has 0 spiro atoms. The molecular weight excluding hydrogens is 645 g/mol. The molecule has 13 heteroatoms. The molecular formula is C23H33BrO6S6.